The lowest BCUT2D eigenvalue weighted by Gasteiger charge is -2.39. The number of fused-ring (bicyclic) bond motifs is 3. The Bertz CT molecular complexity index is 1330. The lowest BCUT2D eigenvalue weighted by atomic mass is 9.90. The van der Waals surface area contributed by atoms with Gasteiger partial charge < -0.3 is 20.5 Å². The number of aliphatic hydroxyl groups is 1. The Hall–Kier alpha value is -3.40. The predicted molar refractivity (Wildman–Crippen MR) is 131 cm³/mol. The summed E-state index contributed by atoms with van der Waals surface area (Å²) < 4.78 is 8.81. The van der Waals surface area contributed by atoms with Crippen LogP contribution >= 0.6 is 0 Å². The molecule has 1 fully saturated rings. The van der Waals surface area contributed by atoms with Crippen LogP contribution in [-0.2, 0) is 5.54 Å². The first-order valence-electron chi connectivity index (χ1n) is 11.8. The summed E-state index contributed by atoms with van der Waals surface area (Å²) in [5, 5.41) is 19.9. The Balaban J connectivity index is 1.49. The van der Waals surface area contributed by atoms with E-state index in [9.17, 15) is 5.11 Å². The number of hydrogen-bond donors (Lipinski definition) is 2. The van der Waals surface area contributed by atoms with E-state index in [1.54, 1.807) is 11.6 Å². The number of aromatic nitrogens is 6. The lowest BCUT2D eigenvalue weighted by molar-refractivity contribution is 0.152. The molecule has 1 aliphatic rings. The molecule has 3 aromatic heterocycles. The Morgan fingerprint density at radius 2 is 2.06 bits per heavy atom. The molecule has 1 aliphatic heterocycles. The molecule has 3 N–H and O–H groups in total. The molecule has 0 radical (unpaired) electrons. The molecule has 4 heterocycles. The van der Waals surface area contributed by atoms with E-state index in [1.165, 1.54) is 0 Å². The average molecular weight is 465 g/mol. The van der Waals surface area contributed by atoms with Crippen LogP contribution in [0.3, 0.4) is 0 Å². The molecule has 0 aliphatic carbocycles. The van der Waals surface area contributed by atoms with Crippen molar-refractivity contribution < 1.29 is 9.84 Å². The third kappa shape index (κ3) is 3.71. The SMILES string of the molecule is CC[C@H]1CC[C@@H](c2nc3c4ccc(OC)cc4nc(N)n3n2)CN1c1cnn(C(C)(C)CO)c1. The van der Waals surface area contributed by atoms with Crippen LogP contribution in [0.2, 0.25) is 0 Å². The summed E-state index contributed by atoms with van der Waals surface area (Å²) in [5.74, 6) is 1.96. The van der Waals surface area contributed by atoms with E-state index < -0.39 is 5.54 Å². The van der Waals surface area contributed by atoms with Crippen LogP contribution < -0.4 is 15.4 Å². The van der Waals surface area contributed by atoms with Crippen molar-refractivity contribution in [2.45, 2.75) is 57.5 Å². The highest BCUT2D eigenvalue weighted by atomic mass is 16.5. The van der Waals surface area contributed by atoms with Crippen molar-refractivity contribution in [1.29, 1.82) is 0 Å². The number of hydrogen-bond acceptors (Lipinski definition) is 8. The van der Waals surface area contributed by atoms with Crippen LogP contribution in [0.5, 0.6) is 5.75 Å². The Morgan fingerprint density at radius 1 is 1.24 bits per heavy atom. The zero-order valence-corrected chi connectivity index (χ0v) is 20.1. The van der Waals surface area contributed by atoms with Crippen molar-refractivity contribution in [3.63, 3.8) is 0 Å². The van der Waals surface area contributed by atoms with Gasteiger partial charge in [-0.15, -0.1) is 5.10 Å². The van der Waals surface area contributed by atoms with Crippen LogP contribution in [0, 0.1) is 0 Å². The fourth-order valence-corrected chi connectivity index (χ4v) is 4.77. The fourth-order valence-electron chi connectivity index (χ4n) is 4.77. The van der Waals surface area contributed by atoms with E-state index in [4.69, 9.17) is 20.6 Å². The van der Waals surface area contributed by atoms with Gasteiger partial charge in [-0.3, -0.25) is 4.68 Å². The molecule has 0 spiro atoms. The number of nitrogen functional groups attached to an aromatic ring is 1. The number of benzene rings is 1. The number of methoxy groups -OCH3 is 1. The summed E-state index contributed by atoms with van der Waals surface area (Å²) in [4.78, 5) is 11.8. The molecule has 0 saturated carbocycles. The normalized spacial score (nSPS) is 19.3. The molecule has 2 atom stereocenters. The molecule has 34 heavy (non-hydrogen) atoms. The van der Waals surface area contributed by atoms with Crippen LogP contribution in [0.1, 0.15) is 51.8 Å². The number of aliphatic hydroxyl groups excluding tert-OH is 1. The first-order valence-corrected chi connectivity index (χ1v) is 11.8. The number of rotatable bonds is 6. The van der Waals surface area contributed by atoms with Crippen LogP contribution in [0.25, 0.3) is 16.6 Å². The first-order chi connectivity index (χ1) is 16.3. The third-order valence-electron chi connectivity index (χ3n) is 6.97. The molecular formula is C24H32N8O2. The minimum absolute atomic E-state index is 0.0222. The summed E-state index contributed by atoms with van der Waals surface area (Å²) >= 11 is 0. The third-order valence-corrected chi connectivity index (χ3v) is 6.97. The van der Waals surface area contributed by atoms with E-state index in [0.717, 1.165) is 54.0 Å². The molecule has 10 heteroatoms. The minimum Gasteiger partial charge on any atom is -0.497 e. The molecule has 0 amide bonds. The van der Waals surface area contributed by atoms with Gasteiger partial charge in [0.25, 0.3) is 0 Å². The second kappa shape index (κ2) is 8.43. The maximum Gasteiger partial charge on any atom is 0.223 e. The van der Waals surface area contributed by atoms with Gasteiger partial charge in [0.15, 0.2) is 11.5 Å². The van der Waals surface area contributed by atoms with Gasteiger partial charge in [-0.1, -0.05) is 6.92 Å². The summed E-state index contributed by atoms with van der Waals surface area (Å²) in [6.07, 6.45) is 7.00. The molecule has 5 rings (SSSR count). The standard InChI is InChI=1S/C24H32N8O2/c1-5-16-7-6-15(12-30(16)17-11-26-31(13-17)24(2,3)14-33)21-28-22-19-9-8-18(34-4)10-20(19)27-23(25)32(22)29-21/h8-11,13,15-16,33H,5-7,12,14H2,1-4H3,(H2,25,27)/t15-,16+/m1/s1. The second-order valence-electron chi connectivity index (χ2n) is 9.66. The molecule has 0 bridgehead atoms. The quantitative estimate of drug-likeness (QED) is 0.447. The van der Waals surface area contributed by atoms with Crippen LogP contribution in [0.4, 0.5) is 11.6 Å². The van der Waals surface area contributed by atoms with Crippen molar-refractivity contribution in [2.75, 3.05) is 30.9 Å². The van der Waals surface area contributed by atoms with Gasteiger partial charge in [0, 0.05) is 36.2 Å². The van der Waals surface area contributed by atoms with Gasteiger partial charge in [0.1, 0.15) is 5.75 Å². The van der Waals surface area contributed by atoms with E-state index in [2.05, 4.69) is 21.9 Å². The number of piperidine rings is 1. The lowest BCUT2D eigenvalue weighted by Crippen LogP contribution is -2.42. The van der Waals surface area contributed by atoms with Gasteiger partial charge >= 0.3 is 0 Å². The van der Waals surface area contributed by atoms with Gasteiger partial charge in [-0.05, 0) is 45.2 Å². The number of ether oxygens (including phenoxy) is 1. The van der Waals surface area contributed by atoms with Crippen molar-refractivity contribution in [3.05, 3.63) is 36.4 Å². The summed E-state index contributed by atoms with van der Waals surface area (Å²) in [5.41, 5.74) is 8.29. The van der Waals surface area contributed by atoms with E-state index in [-0.39, 0.29) is 12.5 Å². The van der Waals surface area contributed by atoms with Crippen molar-refractivity contribution >= 4 is 28.2 Å². The predicted octanol–water partition coefficient (Wildman–Crippen LogP) is 2.95. The molecular weight excluding hydrogens is 432 g/mol. The largest absolute Gasteiger partial charge is 0.497 e. The Morgan fingerprint density at radius 3 is 2.79 bits per heavy atom. The number of nitrogens with zero attached hydrogens (tertiary/aromatic N) is 7. The van der Waals surface area contributed by atoms with E-state index in [1.807, 2.05) is 49.1 Å². The Kier molecular flexibility index (Phi) is 5.55. The summed E-state index contributed by atoms with van der Waals surface area (Å²) in [6, 6.07) is 6.13. The molecule has 180 valence electrons. The highest BCUT2D eigenvalue weighted by molar-refractivity contribution is 5.93. The molecule has 10 nitrogen and oxygen atoms in total. The highest BCUT2D eigenvalue weighted by Gasteiger charge is 2.32. The topological polar surface area (TPSA) is 120 Å². The van der Waals surface area contributed by atoms with Crippen molar-refractivity contribution in [1.82, 2.24) is 29.4 Å². The van der Waals surface area contributed by atoms with E-state index in [0.29, 0.717) is 17.6 Å². The van der Waals surface area contributed by atoms with Crippen LogP contribution in [-0.4, -0.2) is 60.8 Å². The Labute approximate surface area is 198 Å². The second-order valence-corrected chi connectivity index (χ2v) is 9.66. The number of anilines is 2. The van der Waals surface area contributed by atoms with Gasteiger partial charge in [0.2, 0.25) is 5.95 Å². The van der Waals surface area contributed by atoms with E-state index >= 15 is 0 Å². The average Bonchev–Trinajstić information content (AvgIpc) is 3.52. The van der Waals surface area contributed by atoms with Crippen molar-refractivity contribution in [2.24, 2.45) is 0 Å². The fraction of sp³-hybridized carbons (Fsp3) is 0.500. The number of nitrogens with two attached hydrogens (primary N) is 1. The smallest absolute Gasteiger partial charge is 0.223 e. The van der Waals surface area contributed by atoms with Gasteiger partial charge in [-0.25, -0.2) is 9.97 Å². The zero-order valence-electron chi connectivity index (χ0n) is 20.1. The molecule has 4 aromatic rings. The van der Waals surface area contributed by atoms with Crippen molar-refractivity contribution in [3.8, 4) is 5.75 Å². The maximum absolute atomic E-state index is 9.74. The molecule has 1 saturated heterocycles. The summed E-state index contributed by atoms with van der Waals surface area (Å²) in [7, 11) is 1.63. The van der Waals surface area contributed by atoms with Gasteiger partial charge in [0.05, 0.1) is 36.7 Å². The monoisotopic (exact) mass is 464 g/mol. The molecule has 0 unspecified atom stereocenters. The zero-order chi connectivity index (χ0) is 24.0. The first kappa shape index (κ1) is 22.4. The molecule has 1 aromatic carbocycles. The summed E-state index contributed by atoms with van der Waals surface area (Å²) in [6.45, 7) is 6.97. The highest BCUT2D eigenvalue weighted by Crippen LogP contribution is 2.35. The van der Waals surface area contributed by atoms with Gasteiger partial charge in [-0.2, -0.15) is 9.61 Å². The van der Waals surface area contributed by atoms with Crippen LogP contribution in [0.15, 0.2) is 30.6 Å². The minimum atomic E-state index is -0.452. The maximum atomic E-state index is 9.74.